The maximum absolute atomic E-state index is 13.3. The molecule has 0 saturated heterocycles. The summed E-state index contributed by atoms with van der Waals surface area (Å²) in [4.78, 5) is 11.6. The van der Waals surface area contributed by atoms with Crippen LogP contribution >= 0.6 is 0 Å². The van der Waals surface area contributed by atoms with Crippen LogP contribution in [0.4, 0.5) is 8.78 Å². The molecule has 1 rings (SSSR count). The van der Waals surface area contributed by atoms with Crippen LogP contribution in [0.1, 0.15) is 31.1 Å². The van der Waals surface area contributed by atoms with Crippen LogP contribution in [0, 0.1) is 11.6 Å². The molecule has 106 valence electrons. The molecule has 0 N–H and O–H groups in total. The molecule has 0 amide bonds. The third-order valence-corrected chi connectivity index (χ3v) is 2.23. The molecule has 0 aliphatic rings. The first kappa shape index (κ1) is 15.7. The van der Waals surface area contributed by atoms with Crippen molar-refractivity contribution in [1.82, 2.24) is 0 Å². The normalized spacial score (nSPS) is 11.6. The first-order valence-electron chi connectivity index (χ1n) is 5.99. The molecule has 0 bridgehead atoms. The SMILES string of the molecule is CC(C)(C)OCCOCC(=O)c1ccc(F)cc1F. The quantitative estimate of drug-likeness (QED) is 0.590. The van der Waals surface area contributed by atoms with Crippen molar-refractivity contribution in [2.45, 2.75) is 26.4 Å². The lowest BCUT2D eigenvalue weighted by molar-refractivity contribution is -0.0324. The van der Waals surface area contributed by atoms with Gasteiger partial charge in [0, 0.05) is 6.07 Å². The Hall–Kier alpha value is -1.33. The largest absolute Gasteiger partial charge is 0.373 e. The summed E-state index contributed by atoms with van der Waals surface area (Å²) in [6.07, 6.45) is 0. The van der Waals surface area contributed by atoms with Crippen molar-refractivity contribution in [2.24, 2.45) is 0 Å². The van der Waals surface area contributed by atoms with E-state index >= 15 is 0 Å². The van der Waals surface area contributed by atoms with E-state index in [1.165, 1.54) is 0 Å². The minimum Gasteiger partial charge on any atom is -0.373 e. The first-order chi connectivity index (χ1) is 8.79. The minimum atomic E-state index is -0.875. The van der Waals surface area contributed by atoms with Crippen molar-refractivity contribution < 1.29 is 23.0 Å². The monoisotopic (exact) mass is 272 g/mol. The van der Waals surface area contributed by atoms with E-state index in [4.69, 9.17) is 9.47 Å². The lowest BCUT2D eigenvalue weighted by Gasteiger charge is -2.19. The maximum Gasteiger partial charge on any atom is 0.191 e. The summed E-state index contributed by atoms with van der Waals surface area (Å²) in [7, 11) is 0. The predicted octanol–water partition coefficient (Wildman–Crippen LogP) is 2.98. The standard InChI is InChI=1S/C14H18F2O3/c1-14(2,3)19-7-6-18-9-13(17)11-5-4-10(15)8-12(11)16/h4-5,8H,6-7,9H2,1-3H3. The van der Waals surface area contributed by atoms with E-state index < -0.39 is 17.4 Å². The topological polar surface area (TPSA) is 35.5 Å². The van der Waals surface area contributed by atoms with Gasteiger partial charge in [-0.25, -0.2) is 8.78 Å². The molecular weight excluding hydrogens is 254 g/mol. The van der Waals surface area contributed by atoms with Gasteiger partial charge in [0.1, 0.15) is 18.2 Å². The third-order valence-electron chi connectivity index (χ3n) is 2.23. The molecular formula is C14H18F2O3. The molecule has 3 nitrogen and oxygen atoms in total. The maximum atomic E-state index is 13.3. The van der Waals surface area contributed by atoms with Gasteiger partial charge >= 0.3 is 0 Å². The number of halogens is 2. The molecule has 0 fully saturated rings. The van der Waals surface area contributed by atoms with Crippen LogP contribution in [0.5, 0.6) is 0 Å². The molecule has 0 atom stereocenters. The van der Waals surface area contributed by atoms with Crippen LogP contribution < -0.4 is 0 Å². The molecule has 0 spiro atoms. The first-order valence-corrected chi connectivity index (χ1v) is 5.99. The fraction of sp³-hybridized carbons (Fsp3) is 0.500. The predicted molar refractivity (Wildman–Crippen MR) is 67.2 cm³/mol. The Morgan fingerprint density at radius 2 is 1.89 bits per heavy atom. The fourth-order valence-corrected chi connectivity index (χ4v) is 1.37. The second-order valence-electron chi connectivity index (χ2n) is 5.06. The number of carbonyl (C=O) groups excluding carboxylic acids is 1. The van der Waals surface area contributed by atoms with Crippen molar-refractivity contribution in [1.29, 1.82) is 0 Å². The Bertz CT molecular complexity index is 439. The van der Waals surface area contributed by atoms with Crippen molar-refractivity contribution >= 4 is 5.78 Å². The Morgan fingerprint density at radius 1 is 1.21 bits per heavy atom. The summed E-state index contributed by atoms with van der Waals surface area (Å²) in [5.74, 6) is -2.11. The molecule has 0 heterocycles. The van der Waals surface area contributed by atoms with Crippen LogP contribution in [-0.4, -0.2) is 31.2 Å². The molecule has 0 unspecified atom stereocenters. The molecule has 19 heavy (non-hydrogen) atoms. The summed E-state index contributed by atoms with van der Waals surface area (Å²) in [6.45, 7) is 6.06. The highest BCUT2D eigenvalue weighted by molar-refractivity contribution is 5.97. The highest BCUT2D eigenvalue weighted by Crippen LogP contribution is 2.10. The van der Waals surface area contributed by atoms with Crippen molar-refractivity contribution in [2.75, 3.05) is 19.8 Å². The zero-order valence-electron chi connectivity index (χ0n) is 11.3. The second kappa shape index (κ2) is 6.73. The zero-order valence-corrected chi connectivity index (χ0v) is 11.3. The smallest absolute Gasteiger partial charge is 0.191 e. The third kappa shape index (κ3) is 5.89. The second-order valence-corrected chi connectivity index (χ2v) is 5.06. The molecule has 5 heteroatoms. The molecule has 0 aliphatic carbocycles. The Kier molecular flexibility index (Phi) is 5.57. The Balaban J connectivity index is 2.36. The van der Waals surface area contributed by atoms with Gasteiger partial charge in [0.05, 0.1) is 24.4 Å². The van der Waals surface area contributed by atoms with E-state index in [1.807, 2.05) is 20.8 Å². The molecule has 0 saturated carbocycles. The van der Waals surface area contributed by atoms with Gasteiger partial charge in [-0.3, -0.25) is 4.79 Å². The molecule has 1 aromatic carbocycles. The summed E-state index contributed by atoms with van der Waals surface area (Å²) in [6, 6.07) is 2.83. The molecule has 0 aromatic heterocycles. The summed E-state index contributed by atoms with van der Waals surface area (Å²) in [5.41, 5.74) is -0.436. The lowest BCUT2D eigenvalue weighted by atomic mass is 10.1. The van der Waals surface area contributed by atoms with Gasteiger partial charge in [-0.2, -0.15) is 0 Å². The number of hydrogen-bond donors (Lipinski definition) is 0. The average Bonchev–Trinajstić information content (AvgIpc) is 2.26. The number of Topliss-reactive ketones (excluding diaryl/α,β-unsaturated/α-hetero) is 1. The zero-order chi connectivity index (χ0) is 14.5. The van der Waals surface area contributed by atoms with Gasteiger partial charge in [0.25, 0.3) is 0 Å². The van der Waals surface area contributed by atoms with Crippen LogP contribution in [0.15, 0.2) is 18.2 Å². The number of benzene rings is 1. The van der Waals surface area contributed by atoms with Crippen molar-refractivity contribution in [3.8, 4) is 0 Å². The average molecular weight is 272 g/mol. The van der Waals surface area contributed by atoms with Gasteiger partial charge < -0.3 is 9.47 Å². The molecule has 1 aromatic rings. The number of hydrogen-bond acceptors (Lipinski definition) is 3. The van der Waals surface area contributed by atoms with E-state index in [-0.39, 0.29) is 24.4 Å². The van der Waals surface area contributed by atoms with E-state index in [9.17, 15) is 13.6 Å². The summed E-state index contributed by atoms with van der Waals surface area (Å²) >= 11 is 0. The minimum absolute atomic E-state index is 0.168. The number of ether oxygens (including phenoxy) is 2. The van der Waals surface area contributed by atoms with Crippen molar-refractivity contribution in [3.05, 3.63) is 35.4 Å². The number of rotatable bonds is 6. The number of carbonyl (C=O) groups is 1. The van der Waals surface area contributed by atoms with Gasteiger partial charge in [0.2, 0.25) is 0 Å². The number of ketones is 1. The Morgan fingerprint density at radius 3 is 2.47 bits per heavy atom. The van der Waals surface area contributed by atoms with Crippen molar-refractivity contribution in [3.63, 3.8) is 0 Å². The van der Waals surface area contributed by atoms with E-state index in [1.54, 1.807) is 0 Å². The van der Waals surface area contributed by atoms with Crippen LogP contribution in [-0.2, 0) is 9.47 Å². The van der Waals surface area contributed by atoms with Gasteiger partial charge in [0.15, 0.2) is 5.78 Å². The fourth-order valence-electron chi connectivity index (χ4n) is 1.37. The molecule has 0 aliphatic heterocycles. The van der Waals surface area contributed by atoms with Gasteiger partial charge in [-0.15, -0.1) is 0 Å². The highest BCUT2D eigenvalue weighted by atomic mass is 19.1. The Labute approximate surface area is 111 Å². The highest BCUT2D eigenvalue weighted by Gasteiger charge is 2.13. The molecule has 0 radical (unpaired) electrons. The van der Waals surface area contributed by atoms with Gasteiger partial charge in [-0.05, 0) is 32.9 Å². The van der Waals surface area contributed by atoms with E-state index in [0.717, 1.165) is 12.1 Å². The van der Waals surface area contributed by atoms with Crippen LogP contribution in [0.2, 0.25) is 0 Å². The summed E-state index contributed by atoms with van der Waals surface area (Å²) in [5, 5.41) is 0. The lowest BCUT2D eigenvalue weighted by Crippen LogP contribution is -2.22. The van der Waals surface area contributed by atoms with E-state index in [2.05, 4.69) is 0 Å². The van der Waals surface area contributed by atoms with Gasteiger partial charge in [-0.1, -0.05) is 0 Å². The van der Waals surface area contributed by atoms with Crippen LogP contribution in [0.25, 0.3) is 0 Å². The van der Waals surface area contributed by atoms with Crippen LogP contribution in [0.3, 0.4) is 0 Å². The summed E-state index contributed by atoms with van der Waals surface area (Å²) < 4.78 is 36.5. The van der Waals surface area contributed by atoms with E-state index in [0.29, 0.717) is 12.7 Å².